The number of carbonyl (C=O) groups is 1. The van der Waals surface area contributed by atoms with Crippen LogP contribution in [0.15, 0.2) is 48.9 Å². The third kappa shape index (κ3) is 2.78. The maximum atomic E-state index is 12.2. The number of pyridine rings is 2. The molecule has 3 rings (SSSR count). The molecule has 0 aliphatic carbocycles. The second-order valence-electron chi connectivity index (χ2n) is 4.42. The molecule has 3 aromatic heterocycles. The largest absolute Gasteiger partial charge is 0.481 e. The lowest BCUT2D eigenvalue weighted by molar-refractivity contribution is 0.102. The van der Waals surface area contributed by atoms with Gasteiger partial charge in [0.1, 0.15) is 5.69 Å². The average molecular weight is 295 g/mol. The van der Waals surface area contributed by atoms with E-state index in [1.54, 1.807) is 24.5 Å². The Morgan fingerprint density at radius 2 is 2.09 bits per heavy atom. The summed E-state index contributed by atoms with van der Waals surface area (Å²) >= 11 is 0. The number of hydrogen-bond donors (Lipinski definition) is 2. The Balaban J connectivity index is 1.81. The number of ether oxygens (including phenoxy) is 1. The number of nitrogens with zero attached hydrogens (tertiary/aromatic N) is 3. The van der Waals surface area contributed by atoms with Crippen LogP contribution in [-0.2, 0) is 0 Å². The van der Waals surface area contributed by atoms with Crippen molar-refractivity contribution in [2.75, 3.05) is 12.4 Å². The number of hydrogen-bond acceptors (Lipinski definition) is 5. The van der Waals surface area contributed by atoms with Crippen LogP contribution in [0.4, 0.5) is 5.69 Å². The second kappa shape index (κ2) is 6.04. The Labute approximate surface area is 126 Å². The summed E-state index contributed by atoms with van der Waals surface area (Å²) in [7, 11) is 1.52. The first-order valence-corrected chi connectivity index (χ1v) is 6.54. The molecule has 22 heavy (non-hydrogen) atoms. The number of aromatic amines is 1. The zero-order valence-electron chi connectivity index (χ0n) is 11.8. The zero-order chi connectivity index (χ0) is 15.4. The van der Waals surface area contributed by atoms with Gasteiger partial charge in [-0.2, -0.15) is 5.10 Å². The van der Waals surface area contributed by atoms with Gasteiger partial charge >= 0.3 is 0 Å². The highest BCUT2D eigenvalue weighted by molar-refractivity contribution is 6.05. The molecule has 0 aliphatic rings. The summed E-state index contributed by atoms with van der Waals surface area (Å²) in [6, 6.07) is 8.78. The molecule has 0 unspecified atom stereocenters. The number of carbonyl (C=O) groups excluding carboxylic acids is 1. The fourth-order valence-electron chi connectivity index (χ4n) is 1.92. The van der Waals surface area contributed by atoms with Gasteiger partial charge in [0.25, 0.3) is 5.91 Å². The summed E-state index contributed by atoms with van der Waals surface area (Å²) in [5.74, 6) is 0.169. The van der Waals surface area contributed by atoms with Crippen molar-refractivity contribution in [2.45, 2.75) is 0 Å². The molecule has 7 heteroatoms. The van der Waals surface area contributed by atoms with Crippen molar-refractivity contribution < 1.29 is 9.53 Å². The molecule has 0 aromatic carbocycles. The van der Waals surface area contributed by atoms with Gasteiger partial charge in [-0.1, -0.05) is 6.07 Å². The summed E-state index contributed by atoms with van der Waals surface area (Å²) in [6.45, 7) is 0. The summed E-state index contributed by atoms with van der Waals surface area (Å²) in [4.78, 5) is 20.5. The Kier molecular flexibility index (Phi) is 3.78. The van der Waals surface area contributed by atoms with Gasteiger partial charge in [0, 0.05) is 18.5 Å². The third-order valence-corrected chi connectivity index (χ3v) is 3.02. The van der Waals surface area contributed by atoms with E-state index in [9.17, 15) is 4.79 Å². The van der Waals surface area contributed by atoms with E-state index in [1.807, 2.05) is 18.2 Å². The van der Waals surface area contributed by atoms with Gasteiger partial charge in [0.15, 0.2) is 0 Å². The Hall–Kier alpha value is -3.22. The van der Waals surface area contributed by atoms with Crippen LogP contribution in [0.25, 0.3) is 11.4 Å². The van der Waals surface area contributed by atoms with Gasteiger partial charge < -0.3 is 10.1 Å². The minimum Gasteiger partial charge on any atom is -0.481 e. The first-order chi connectivity index (χ1) is 10.8. The molecule has 0 saturated heterocycles. The number of rotatable bonds is 4. The molecule has 110 valence electrons. The smallest absolute Gasteiger partial charge is 0.257 e. The van der Waals surface area contributed by atoms with Gasteiger partial charge in [0.2, 0.25) is 5.88 Å². The lowest BCUT2D eigenvalue weighted by Crippen LogP contribution is -2.12. The van der Waals surface area contributed by atoms with Crippen LogP contribution in [0.2, 0.25) is 0 Å². The molecule has 2 N–H and O–H groups in total. The highest BCUT2D eigenvalue weighted by Crippen LogP contribution is 2.23. The third-order valence-electron chi connectivity index (χ3n) is 3.02. The molecule has 3 aromatic rings. The molecular weight excluding hydrogens is 282 g/mol. The van der Waals surface area contributed by atoms with Crippen molar-refractivity contribution in [3.8, 4) is 17.3 Å². The molecule has 3 heterocycles. The minimum atomic E-state index is -0.284. The number of aromatic nitrogens is 4. The van der Waals surface area contributed by atoms with Crippen molar-refractivity contribution in [3.05, 3.63) is 54.5 Å². The second-order valence-corrected chi connectivity index (χ2v) is 4.42. The van der Waals surface area contributed by atoms with Crippen LogP contribution in [0.1, 0.15) is 10.4 Å². The van der Waals surface area contributed by atoms with Crippen molar-refractivity contribution in [3.63, 3.8) is 0 Å². The number of methoxy groups -OCH3 is 1. The monoisotopic (exact) mass is 295 g/mol. The number of amides is 1. The maximum Gasteiger partial charge on any atom is 0.257 e. The van der Waals surface area contributed by atoms with Gasteiger partial charge in [-0.15, -0.1) is 0 Å². The van der Waals surface area contributed by atoms with E-state index < -0.39 is 0 Å². The highest BCUT2D eigenvalue weighted by atomic mass is 16.5. The molecule has 0 bridgehead atoms. The number of H-pyrrole nitrogens is 1. The fourth-order valence-corrected chi connectivity index (χ4v) is 1.92. The van der Waals surface area contributed by atoms with Crippen LogP contribution < -0.4 is 10.1 Å². The maximum absolute atomic E-state index is 12.2. The standard InChI is InChI=1S/C15H13N5O2/c1-22-13-6-5-10(8-17-13)15(21)19-12-9-18-20-14(12)11-4-2-3-7-16-11/h2-9H,1H3,(H,18,20)(H,19,21). The van der Waals surface area contributed by atoms with Crippen LogP contribution in [0.5, 0.6) is 5.88 Å². The van der Waals surface area contributed by atoms with Crippen LogP contribution in [-0.4, -0.2) is 33.2 Å². The summed E-state index contributed by atoms with van der Waals surface area (Å²) in [5.41, 5.74) is 2.33. The summed E-state index contributed by atoms with van der Waals surface area (Å²) in [5, 5.41) is 9.58. The van der Waals surface area contributed by atoms with E-state index in [-0.39, 0.29) is 5.91 Å². The van der Waals surface area contributed by atoms with Crippen molar-refractivity contribution >= 4 is 11.6 Å². The van der Waals surface area contributed by atoms with Gasteiger partial charge in [-0.05, 0) is 18.2 Å². The summed E-state index contributed by atoms with van der Waals surface area (Å²) < 4.78 is 4.97. The highest BCUT2D eigenvalue weighted by Gasteiger charge is 2.13. The van der Waals surface area contributed by atoms with Crippen molar-refractivity contribution in [1.82, 2.24) is 20.2 Å². The van der Waals surface area contributed by atoms with E-state index in [2.05, 4.69) is 25.5 Å². The molecule has 0 aliphatic heterocycles. The quantitative estimate of drug-likeness (QED) is 0.769. The van der Waals surface area contributed by atoms with E-state index in [4.69, 9.17) is 4.74 Å². The number of nitrogens with one attached hydrogen (secondary N) is 2. The van der Waals surface area contributed by atoms with Gasteiger partial charge in [0.05, 0.1) is 30.3 Å². The predicted molar refractivity (Wildman–Crippen MR) is 80.6 cm³/mol. The van der Waals surface area contributed by atoms with Gasteiger partial charge in [-0.25, -0.2) is 4.98 Å². The molecule has 0 atom stereocenters. The van der Waals surface area contributed by atoms with E-state index in [0.717, 1.165) is 0 Å². The molecule has 0 fully saturated rings. The van der Waals surface area contributed by atoms with Gasteiger partial charge in [-0.3, -0.25) is 14.9 Å². The van der Waals surface area contributed by atoms with Crippen molar-refractivity contribution in [2.24, 2.45) is 0 Å². The van der Waals surface area contributed by atoms with Crippen molar-refractivity contribution in [1.29, 1.82) is 0 Å². The molecule has 0 spiro atoms. The zero-order valence-corrected chi connectivity index (χ0v) is 11.8. The van der Waals surface area contributed by atoms with E-state index >= 15 is 0 Å². The molecular formula is C15H13N5O2. The van der Waals surface area contributed by atoms with E-state index in [0.29, 0.717) is 28.5 Å². The van der Waals surface area contributed by atoms with Crippen LogP contribution in [0, 0.1) is 0 Å². The molecule has 7 nitrogen and oxygen atoms in total. The Morgan fingerprint density at radius 3 is 2.77 bits per heavy atom. The SMILES string of the molecule is COc1ccc(C(=O)Nc2cn[nH]c2-c2ccccn2)cn1. The summed E-state index contributed by atoms with van der Waals surface area (Å²) in [6.07, 6.45) is 4.67. The normalized spacial score (nSPS) is 10.2. The average Bonchev–Trinajstić information content (AvgIpc) is 3.04. The van der Waals surface area contributed by atoms with E-state index in [1.165, 1.54) is 13.3 Å². The molecule has 1 amide bonds. The Morgan fingerprint density at radius 1 is 1.18 bits per heavy atom. The lowest BCUT2D eigenvalue weighted by Gasteiger charge is -2.06. The van der Waals surface area contributed by atoms with Crippen LogP contribution in [0.3, 0.4) is 0 Å². The fraction of sp³-hybridized carbons (Fsp3) is 0.0667. The van der Waals surface area contributed by atoms with Crippen LogP contribution >= 0.6 is 0 Å². The number of anilines is 1. The predicted octanol–water partition coefficient (Wildman–Crippen LogP) is 2.13. The molecule has 0 saturated carbocycles. The first-order valence-electron chi connectivity index (χ1n) is 6.54. The lowest BCUT2D eigenvalue weighted by atomic mass is 10.2. The molecule has 0 radical (unpaired) electrons. The topological polar surface area (TPSA) is 92.8 Å². The first kappa shape index (κ1) is 13.7. The Bertz CT molecular complexity index is 768. The minimum absolute atomic E-state index is 0.284.